The van der Waals surface area contributed by atoms with Crippen molar-refractivity contribution in [2.45, 2.75) is 18.2 Å². The lowest BCUT2D eigenvalue weighted by Crippen LogP contribution is -2.15. The van der Waals surface area contributed by atoms with Crippen LogP contribution in [0.3, 0.4) is 0 Å². The normalized spacial score (nSPS) is 11.3. The minimum atomic E-state index is -0.331. The maximum absolute atomic E-state index is 11.9. The monoisotopic (exact) mass is 320 g/mol. The summed E-state index contributed by atoms with van der Waals surface area (Å²) in [4.78, 5) is 11.9. The highest BCUT2D eigenvalue weighted by Crippen LogP contribution is 2.17. The Bertz CT molecular complexity index is 808. The van der Waals surface area contributed by atoms with Gasteiger partial charge in [0.15, 0.2) is 10.7 Å². The van der Waals surface area contributed by atoms with Crippen molar-refractivity contribution in [2.75, 3.05) is 19.5 Å². The molecule has 116 valence electrons. The molecular weight excluding hydrogens is 304 g/mol. The van der Waals surface area contributed by atoms with E-state index in [4.69, 9.17) is 9.15 Å². The molecule has 0 aliphatic rings. The fraction of sp³-hybridized carbons (Fsp3) is 0.357. The molecular formula is C14H16N4O3S. The van der Waals surface area contributed by atoms with Crippen LogP contribution in [0, 0.1) is 0 Å². The molecule has 8 heteroatoms. The van der Waals surface area contributed by atoms with E-state index in [1.54, 1.807) is 35.8 Å². The molecule has 0 atom stereocenters. The second kappa shape index (κ2) is 6.80. The Morgan fingerprint density at radius 2 is 2.18 bits per heavy atom. The summed E-state index contributed by atoms with van der Waals surface area (Å²) in [5, 5.41) is 8.81. The number of aryl methyl sites for hydroxylation is 1. The first-order valence-corrected chi connectivity index (χ1v) is 7.86. The smallest absolute Gasteiger partial charge is 0.408 e. The van der Waals surface area contributed by atoms with Gasteiger partial charge in [-0.2, -0.15) is 0 Å². The van der Waals surface area contributed by atoms with Gasteiger partial charge in [0.1, 0.15) is 6.33 Å². The number of hydrogen-bond acceptors (Lipinski definition) is 6. The van der Waals surface area contributed by atoms with Gasteiger partial charge in [-0.3, -0.25) is 4.57 Å². The molecule has 0 unspecified atom stereocenters. The Morgan fingerprint density at radius 1 is 1.32 bits per heavy atom. The quantitative estimate of drug-likeness (QED) is 0.616. The third-order valence-electron chi connectivity index (χ3n) is 3.24. The van der Waals surface area contributed by atoms with Gasteiger partial charge in [0.05, 0.1) is 12.1 Å². The average Bonchev–Trinajstić information content (AvgIpc) is 3.10. The number of nitrogens with zero attached hydrogens (tertiary/aromatic N) is 4. The van der Waals surface area contributed by atoms with Crippen LogP contribution in [-0.2, 0) is 17.8 Å². The summed E-state index contributed by atoms with van der Waals surface area (Å²) in [6.07, 6.45) is 1.68. The molecule has 0 fully saturated rings. The van der Waals surface area contributed by atoms with Crippen molar-refractivity contribution in [3.05, 3.63) is 41.1 Å². The molecule has 1 aromatic carbocycles. The number of ether oxygens (including phenoxy) is 1. The van der Waals surface area contributed by atoms with Crippen LogP contribution < -0.4 is 5.76 Å². The number of para-hydroxylation sites is 2. The fourth-order valence-electron chi connectivity index (χ4n) is 2.15. The van der Waals surface area contributed by atoms with Crippen LogP contribution in [0.2, 0.25) is 0 Å². The van der Waals surface area contributed by atoms with Gasteiger partial charge in [0.2, 0.25) is 0 Å². The van der Waals surface area contributed by atoms with Gasteiger partial charge >= 0.3 is 5.76 Å². The molecule has 0 amide bonds. The number of hydrogen-bond donors (Lipinski definition) is 0. The Morgan fingerprint density at radius 3 is 3.05 bits per heavy atom. The standard InChI is InChI=1S/C14H16N4O3S/c1-20-8-6-17-10-15-16-13(17)22-9-7-18-11-4-2-3-5-12(11)21-14(18)19/h2-5,10H,6-9H2,1H3. The molecule has 7 nitrogen and oxygen atoms in total. The van der Waals surface area contributed by atoms with Crippen molar-refractivity contribution in [3.8, 4) is 0 Å². The van der Waals surface area contributed by atoms with Crippen LogP contribution in [0.5, 0.6) is 0 Å². The minimum absolute atomic E-state index is 0.331. The molecule has 0 radical (unpaired) electrons. The molecule has 0 saturated heterocycles. The van der Waals surface area contributed by atoms with E-state index >= 15 is 0 Å². The predicted molar refractivity (Wildman–Crippen MR) is 83.1 cm³/mol. The molecule has 2 heterocycles. The molecule has 0 aliphatic heterocycles. The van der Waals surface area contributed by atoms with Crippen molar-refractivity contribution in [1.29, 1.82) is 0 Å². The lowest BCUT2D eigenvalue weighted by molar-refractivity contribution is 0.184. The van der Waals surface area contributed by atoms with Crippen molar-refractivity contribution in [3.63, 3.8) is 0 Å². The first kappa shape index (κ1) is 14.9. The summed E-state index contributed by atoms with van der Waals surface area (Å²) in [6, 6.07) is 7.42. The van der Waals surface area contributed by atoms with Crippen molar-refractivity contribution in [2.24, 2.45) is 0 Å². The number of thioether (sulfide) groups is 1. The van der Waals surface area contributed by atoms with Gasteiger partial charge in [0, 0.05) is 26.0 Å². The average molecular weight is 320 g/mol. The Kier molecular flexibility index (Phi) is 4.59. The van der Waals surface area contributed by atoms with Crippen LogP contribution in [-0.4, -0.2) is 38.8 Å². The number of fused-ring (bicyclic) bond motifs is 1. The summed E-state index contributed by atoms with van der Waals surface area (Å²) < 4.78 is 13.8. The SMILES string of the molecule is COCCn1cnnc1SCCn1c(=O)oc2ccccc21. The maximum Gasteiger partial charge on any atom is 0.419 e. The second-order valence-corrected chi connectivity index (χ2v) is 5.70. The van der Waals surface area contributed by atoms with Gasteiger partial charge in [-0.05, 0) is 12.1 Å². The van der Waals surface area contributed by atoms with Crippen LogP contribution in [0.25, 0.3) is 11.1 Å². The van der Waals surface area contributed by atoms with Gasteiger partial charge in [0.25, 0.3) is 0 Å². The summed E-state index contributed by atoms with van der Waals surface area (Å²) in [7, 11) is 1.66. The van der Waals surface area contributed by atoms with E-state index in [1.165, 1.54) is 0 Å². The van der Waals surface area contributed by atoms with E-state index in [-0.39, 0.29) is 5.76 Å². The summed E-state index contributed by atoms with van der Waals surface area (Å²) in [5.74, 6) is 0.373. The summed E-state index contributed by atoms with van der Waals surface area (Å²) >= 11 is 1.55. The predicted octanol–water partition coefficient (Wildman–Crippen LogP) is 1.62. The number of oxazole rings is 1. The van der Waals surface area contributed by atoms with E-state index in [9.17, 15) is 4.79 Å². The third-order valence-corrected chi connectivity index (χ3v) is 4.20. The molecule has 22 heavy (non-hydrogen) atoms. The van der Waals surface area contributed by atoms with Crippen LogP contribution in [0.4, 0.5) is 0 Å². The van der Waals surface area contributed by atoms with Crippen molar-refractivity contribution >= 4 is 22.9 Å². The zero-order valence-corrected chi connectivity index (χ0v) is 13.0. The summed E-state index contributed by atoms with van der Waals surface area (Å²) in [5.41, 5.74) is 1.43. The highest BCUT2D eigenvalue weighted by Gasteiger charge is 2.09. The summed E-state index contributed by atoms with van der Waals surface area (Å²) in [6.45, 7) is 1.87. The zero-order valence-electron chi connectivity index (χ0n) is 12.1. The minimum Gasteiger partial charge on any atom is -0.408 e. The van der Waals surface area contributed by atoms with E-state index in [1.807, 2.05) is 22.8 Å². The first-order chi connectivity index (χ1) is 10.8. The Hall–Kier alpha value is -2.06. The largest absolute Gasteiger partial charge is 0.419 e. The Balaban J connectivity index is 1.67. The van der Waals surface area contributed by atoms with Gasteiger partial charge < -0.3 is 13.7 Å². The van der Waals surface area contributed by atoms with Crippen LogP contribution >= 0.6 is 11.8 Å². The second-order valence-electron chi connectivity index (χ2n) is 4.64. The molecule has 0 saturated carbocycles. The highest BCUT2D eigenvalue weighted by molar-refractivity contribution is 7.99. The van der Waals surface area contributed by atoms with Crippen LogP contribution in [0.1, 0.15) is 0 Å². The molecule has 3 rings (SSSR count). The lowest BCUT2D eigenvalue weighted by Gasteiger charge is -2.05. The first-order valence-electron chi connectivity index (χ1n) is 6.87. The molecule has 0 spiro atoms. The van der Waals surface area contributed by atoms with Gasteiger partial charge in [-0.1, -0.05) is 23.9 Å². The zero-order chi connectivity index (χ0) is 15.4. The molecule has 0 N–H and O–H groups in total. The Labute approximate surface area is 130 Å². The van der Waals surface area contributed by atoms with Crippen LogP contribution in [0.15, 0.2) is 45.0 Å². The fourth-order valence-corrected chi connectivity index (χ4v) is 3.02. The van der Waals surface area contributed by atoms with Crippen molar-refractivity contribution in [1.82, 2.24) is 19.3 Å². The number of aromatic nitrogens is 4. The maximum atomic E-state index is 11.9. The molecule has 0 bridgehead atoms. The highest BCUT2D eigenvalue weighted by atomic mass is 32.2. The molecule has 2 aromatic heterocycles. The van der Waals surface area contributed by atoms with E-state index < -0.39 is 0 Å². The van der Waals surface area contributed by atoms with Crippen molar-refractivity contribution < 1.29 is 9.15 Å². The number of benzene rings is 1. The number of methoxy groups -OCH3 is 1. The molecule has 0 aliphatic carbocycles. The van der Waals surface area contributed by atoms with E-state index in [2.05, 4.69) is 10.2 Å². The van der Waals surface area contributed by atoms with E-state index in [0.29, 0.717) is 31.0 Å². The third kappa shape index (κ3) is 3.07. The number of rotatable bonds is 7. The van der Waals surface area contributed by atoms with Gasteiger partial charge in [-0.15, -0.1) is 10.2 Å². The lowest BCUT2D eigenvalue weighted by atomic mass is 10.3. The van der Waals surface area contributed by atoms with Gasteiger partial charge in [-0.25, -0.2) is 4.79 Å². The molecule has 3 aromatic rings. The van der Waals surface area contributed by atoms with E-state index in [0.717, 1.165) is 10.7 Å². The topological polar surface area (TPSA) is 75.1 Å².